The number of carbonyl (C=O) groups excluding carboxylic acids is 1. The Morgan fingerprint density at radius 3 is 2.65 bits per heavy atom. The molecular formula is C21H24N2O2S. The van der Waals surface area contributed by atoms with Crippen LogP contribution < -0.4 is 5.32 Å². The van der Waals surface area contributed by atoms with Crippen LogP contribution in [0.4, 0.5) is 0 Å². The minimum Gasteiger partial charge on any atom is -0.467 e. The van der Waals surface area contributed by atoms with E-state index in [4.69, 9.17) is 4.42 Å². The third-order valence-corrected chi connectivity index (χ3v) is 5.13. The first-order valence-corrected chi connectivity index (χ1v) is 9.61. The molecule has 0 saturated heterocycles. The van der Waals surface area contributed by atoms with E-state index < -0.39 is 0 Å². The van der Waals surface area contributed by atoms with E-state index in [9.17, 15) is 4.79 Å². The number of aryl methyl sites for hydroxylation is 1. The van der Waals surface area contributed by atoms with Gasteiger partial charge in [-0.05, 0) is 43.2 Å². The molecule has 3 rings (SSSR count). The smallest absolute Gasteiger partial charge is 0.234 e. The Morgan fingerprint density at radius 1 is 1.12 bits per heavy atom. The summed E-state index contributed by atoms with van der Waals surface area (Å²) >= 11 is 1.79. The topological polar surface area (TPSA) is 45.5 Å². The maximum Gasteiger partial charge on any atom is 0.234 e. The van der Waals surface area contributed by atoms with Gasteiger partial charge >= 0.3 is 0 Å². The predicted molar refractivity (Wildman–Crippen MR) is 105 cm³/mol. The van der Waals surface area contributed by atoms with Gasteiger partial charge in [0.1, 0.15) is 5.76 Å². The lowest BCUT2D eigenvalue weighted by Gasteiger charge is -2.21. The maximum atomic E-state index is 12.4. The van der Waals surface area contributed by atoms with Crippen LogP contribution in [0.25, 0.3) is 0 Å². The van der Waals surface area contributed by atoms with E-state index in [1.165, 1.54) is 15.3 Å². The number of nitrogens with zero attached hydrogens (tertiary/aromatic N) is 1. The van der Waals surface area contributed by atoms with Crippen LogP contribution in [0.1, 0.15) is 21.1 Å². The second kappa shape index (κ2) is 9.36. The van der Waals surface area contributed by atoms with E-state index >= 15 is 0 Å². The predicted octanol–water partition coefficient (Wildman–Crippen LogP) is 4.01. The number of thiophene rings is 1. The number of hydrogen-bond donors (Lipinski definition) is 1. The zero-order valence-electron chi connectivity index (χ0n) is 15.0. The molecule has 2 aromatic heterocycles. The zero-order valence-corrected chi connectivity index (χ0v) is 15.8. The third-order valence-electron chi connectivity index (χ3n) is 4.14. The van der Waals surface area contributed by atoms with Gasteiger partial charge in [-0.15, -0.1) is 11.3 Å². The Kier molecular flexibility index (Phi) is 6.63. The molecule has 0 radical (unpaired) electrons. The maximum absolute atomic E-state index is 12.4. The molecule has 3 aromatic rings. The molecule has 0 aliphatic heterocycles. The Balaban J connectivity index is 1.56. The minimum atomic E-state index is 0.0164. The molecule has 1 N–H and O–H groups in total. The van der Waals surface area contributed by atoms with Gasteiger partial charge in [0, 0.05) is 22.8 Å². The molecule has 5 heteroatoms. The standard InChI is InChI=1S/C21H24N2O2S/c1-17-9-10-20(26-17)15-23(12-11-18-6-3-2-4-7-18)16-21(24)22-14-19-8-5-13-25-19/h2-10,13H,11-12,14-16H2,1H3,(H,22,24). The summed E-state index contributed by atoms with van der Waals surface area (Å²) < 4.78 is 5.27. The Hall–Kier alpha value is -2.37. The molecule has 136 valence electrons. The molecular weight excluding hydrogens is 344 g/mol. The number of furan rings is 1. The summed E-state index contributed by atoms with van der Waals surface area (Å²) in [5, 5.41) is 2.93. The molecule has 0 bridgehead atoms. The number of nitrogens with one attached hydrogen (secondary N) is 1. The lowest BCUT2D eigenvalue weighted by atomic mass is 10.1. The van der Waals surface area contributed by atoms with Crippen LogP contribution in [-0.2, 0) is 24.3 Å². The molecule has 0 spiro atoms. The first-order valence-electron chi connectivity index (χ1n) is 8.80. The number of benzene rings is 1. The molecule has 0 unspecified atom stereocenters. The first kappa shape index (κ1) is 18.4. The van der Waals surface area contributed by atoms with Crippen molar-refractivity contribution in [3.05, 3.63) is 81.9 Å². The highest BCUT2D eigenvalue weighted by atomic mass is 32.1. The quantitative estimate of drug-likeness (QED) is 0.621. The summed E-state index contributed by atoms with van der Waals surface area (Å²) in [6.45, 7) is 4.55. The van der Waals surface area contributed by atoms with E-state index in [1.54, 1.807) is 17.6 Å². The Bertz CT molecular complexity index is 797. The lowest BCUT2D eigenvalue weighted by Crippen LogP contribution is -2.37. The van der Waals surface area contributed by atoms with E-state index in [0.29, 0.717) is 13.1 Å². The van der Waals surface area contributed by atoms with Crippen LogP contribution in [0.5, 0.6) is 0 Å². The van der Waals surface area contributed by atoms with Crippen molar-refractivity contribution in [2.45, 2.75) is 26.4 Å². The van der Waals surface area contributed by atoms with Gasteiger partial charge in [0.2, 0.25) is 5.91 Å². The Labute approximate surface area is 158 Å². The second-order valence-electron chi connectivity index (χ2n) is 6.31. The monoisotopic (exact) mass is 368 g/mol. The fourth-order valence-corrected chi connectivity index (χ4v) is 3.73. The molecule has 0 aliphatic rings. The summed E-state index contributed by atoms with van der Waals surface area (Å²) in [5.74, 6) is 0.783. The van der Waals surface area contributed by atoms with Gasteiger partial charge in [-0.2, -0.15) is 0 Å². The minimum absolute atomic E-state index is 0.0164. The van der Waals surface area contributed by atoms with Crippen LogP contribution >= 0.6 is 11.3 Å². The summed E-state index contributed by atoms with van der Waals surface area (Å²) in [6.07, 6.45) is 2.55. The number of hydrogen-bond acceptors (Lipinski definition) is 4. The second-order valence-corrected chi connectivity index (χ2v) is 7.69. The van der Waals surface area contributed by atoms with Gasteiger partial charge in [-0.1, -0.05) is 30.3 Å². The zero-order chi connectivity index (χ0) is 18.2. The van der Waals surface area contributed by atoms with Crippen molar-refractivity contribution in [3.63, 3.8) is 0 Å². The van der Waals surface area contributed by atoms with Crippen molar-refractivity contribution in [2.24, 2.45) is 0 Å². The molecule has 0 saturated carbocycles. The summed E-state index contributed by atoms with van der Waals surface area (Å²) in [4.78, 5) is 17.2. The molecule has 1 aromatic carbocycles. The van der Waals surface area contributed by atoms with E-state index in [0.717, 1.165) is 25.3 Å². The Morgan fingerprint density at radius 2 is 1.96 bits per heavy atom. The normalized spacial score (nSPS) is 11.0. The third kappa shape index (κ3) is 5.86. The van der Waals surface area contributed by atoms with E-state index in [2.05, 4.69) is 53.5 Å². The summed E-state index contributed by atoms with van der Waals surface area (Å²) in [7, 11) is 0. The fraction of sp³-hybridized carbons (Fsp3) is 0.286. The lowest BCUT2D eigenvalue weighted by molar-refractivity contribution is -0.122. The average Bonchev–Trinajstić information content (AvgIpc) is 3.30. The van der Waals surface area contributed by atoms with Gasteiger partial charge in [0.05, 0.1) is 19.4 Å². The number of carbonyl (C=O) groups is 1. The van der Waals surface area contributed by atoms with Crippen LogP contribution in [0, 0.1) is 6.92 Å². The molecule has 0 fully saturated rings. The highest BCUT2D eigenvalue weighted by Gasteiger charge is 2.13. The summed E-state index contributed by atoms with van der Waals surface area (Å²) in [5.41, 5.74) is 1.29. The molecule has 4 nitrogen and oxygen atoms in total. The van der Waals surface area contributed by atoms with Crippen LogP contribution in [0.2, 0.25) is 0 Å². The van der Waals surface area contributed by atoms with Crippen molar-refractivity contribution in [3.8, 4) is 0 Å². The highest BCUT2D eigenvalue weighted by Crippen LogP contribution is 2.17. The van der Waals surface area contributed by atoms with Crippen LogP contribution in [0.3, 0.4) is 0 Å². The largest absolute Gasteiger partial charge is 0.467 e. The van der Waals surface area contributed by atoms with Gasteiger partial charge in [-0.25, -0.2) is 0 Å². The SMILES string of the molecule is Cc1ccc(CN(CCc2ccccc2)CC(=O)NCc2ccco2)s1. The van der Waals surface area contributed by atoms with Gasteiger partial charge in [0.15, 0.2) is 0 Å². The fourth-order valence-electron chi connectivity index (χ4n) is 2.79. The first-order chi connectivity index (χ1) is 12.7. The molecule has 1 amide bonds. The summed E-state index contributed by atoms with van der Waals surface area (Å²) in [6, 6.07) is 18.4. The van der Waals surface area contributed by atoms with Crippen molar-refractivity contribution < 1.29 is 9.21 Å². The molecule has 0 aliphatic carbocycles. The van der Waals surface area contributed by atoms with Crippen molar-refractivity contribution in [2.75, 3.05) is 13.1 Å². The van der Waals surface area contributed by atoms with Crippen molar-refractivity contribution in [1.29, 1.82) is 0 Å². The van der Waals surface area contributed by atoms with E-state index in [-0.39, 0.29) is 5.91 Å². The van der Waals surface area contributed by atoms with Gasteiger partial charge in [-0.3, -0.25) is 9.69 Å². The molecule has 2 heterocycles. The van der Waals surface area contributed by atoms with Crippen LogP contribution in [-0.4, -0.2) is 23.9 Å². The average molecular weight is 369 g/mol. The van der Waals surface area contributed by atoms with Crippen molar-refractivity contribution in [1.82, 2.24) is 10.2 Å². The van der Waals surface area contributed by atoms with Gasteiger partial charge < -0.3 is 9.73 Å². The molecule has 0 atom stereocenters. The van der Waals surface area contributed by atoms with Crippen molar-refractivity contribution >= 4 is 17.2 Å². The number of rotatable bonds is 9. The van der Waals surface area contributed by atoms with Gasteiger partial charge in [0.25, 0.3) is 0 Å². The number of amides is 1. The highest BCUT2D eigenvalue weighted by molar-refractivity contribution is 7.11. The molecule has 26 heavy (non-hydrogen) atoms. The van der Waals surface area contributed by atoms with Crippen LogP contribution in [0.15, 0.2) is 65.3 Å². The van der Waals surface area contributed by atoms with E-state index in [1.807, 2.05) is 18.2 Å².